The molecule has 5 nitrogen and oxygen atoms in total. The Morgan fingerprint density at radius 1 is 1.38 bits per heavy atom. The Bertz CT molecular complexity index is 797. The first-order valence-corrected chi connectivity index (χ1v) is 7.38. The predicted molar refractivity (Wildman–Crippen MR) is 84.4 cm³/mol. The number of nitrogens with two attached hydrogens (primary N) is 1. The van der Waals surface area contributed by atoms with Crippen molar-refractivity contribution in [1.82, 2.24) is 9.97 Å². The lowest BCUT2D eigenvalue weighted by Crippen LogP contribution is -2.13. The number of anilines is 1. The number of hydrogen-bond acceptors (Lipinski definition) is 5. The maximum Gasteiger partial charge on any atom is 0.275 e. The van der Waals surface area contributed by atoms with Crippen LogP contribution in [0.25, 0.3) is 10.9 Å². The summed E-state index contributed by atoms with van der Waals surface area (Å²) < 4.78 is 0. The first-order valence-electron chi connectivity index (χ1n) is 6.50. The fraction of sp³-hybridized carbons (Fsp3) is 0.133. The number of benzene rings is 1. The van der Waals surface area contributed by atoms with Crippen molar-refractivity contribution in [3.05, 3.63) is 52.6 Å². The second-order valence-corrected chi connectivity index (χ2v) is 5.62. The molecule has 3 rings (SSSR count). The van der Waals surface area contributed by atoms with E-state index in [4.69, 9.17) is 5.73 Å². The number of pyridine rings is 1. The van der Waals surface area contributed by atoms with E-state index in [-0.39, 0.29) is 11.9 Å². The van der Waals surface area contributed by atoms with Crippen LogP contribution in [0.1, 0.15) is 28.5 Å². The van der Waals surface area contributed by atoms with Gasteiger partial charge in [0.25, 0.3) is 5.91 Å². The molecule has 2 aromatic heterocycles. The zero-order valence-corrected chi connectivity index (χ0v) is 12.2. The van der Waals surface area contributed by atoms with Crippen LogP contribution in [0.4, 0.5) is 5.69 Å². The van der Waals surface area contributed by atoms with Gasteiger partial charge in [-0.05, 0) is 19.1 Å². The number of para-hydroxylation sites is 1. The van der Waals surface area contributed by atoms with Crippen molar-refractivity contribution in [2.24, 2.45) is 5.73 Å². The summed E-state index contributed by atoms with van der Waals surface area (Å²) >= 11 is 1.39. The number of hydrogen-bond donors (Lipinski definition) is 2. The van der Waals surface area contributed by atoms with Crippen LogP contribution in [0.2, 0.25) is 0 Å². The number of nitrogens with one attached hydrogen (secondary N) is 1. The van der Waals surface area contributed by atoms with Gasteiger partial charge in [-0.25, -0.2) is 4.98 Å². The smallest absolute Gasteiger partial charge is 0.275 e. The minimum atomic E-state index is -0.254. The van der Waals surface area contributed by atoms with Gasteiger partial charge in [0.05, 0.1) is 23.4 Å². The standard InChI is InChI=1S/C15H14N4OS/c1-9(16)15-19-13(8-21-15)14(20)18-11-6-10-4-2-3-5-12(10)17-7-11/h2-9H,16H2,1H3,(H,18,20). The summed E-state index contributed by atoms with van der Waals surface area (Å²) in [5.74, 6) is -0.254. The normalized spacial score (nSPS) is 12.3. The molecular formula is C15H14N4OS. The van der Waals surface area contributed by atoms with Crippen LogP contribution >= 0.6 is 11.3 Å². The van der Waals surface area contributed by atoms with Gasteiger partial charge in [0.2, 0.25) is 0 Å². The Balaban J connectivity index is 1.81. The van der Waals surface area contributed by atoms with Crippen LogP contribution in [0, 0.1) is 0 Å². The van der Waals surface area contributed by atoms with Crippen molar-refractivity contribution in [3.8, 4) is 0 Å². The second kappa shape index (κ2) is 5.59. The van der Waals surface area contributed by atoms with Gasteiger partial charge >= 0.3 is 0 Å². The summed E-state index contributed by atoms with van der Waals surface area (Å²) in [5.41, 5.74) is 7.66. The van der Waals surface area contributed by atoms with Crippen LogP contribution in [0.5, 0.6) is 0 Å². The van der Waals surface area contributed by atoms with Crippen molar-refractivity contribution in [2.75, 3.05) is 5.32 Å². The molecule has 0 radical (unpaired) electrons. The third-order valence-corrected chi connectivity index (χ3v) is 4.04. The molecule has 3 N–H and O–H groups in total. The van der Waals surface area contributed by atoms with Crippen LogP contribution in [-0.2, 0) is 0 Å². The SMILES string of the molecule is CC(N)c1nc(C(=O)Nc2cnc3ccccc3c2)cs1. The van der Waals surface area contributed by atoms with Gasteiger partial charge in [0.1, 0.15) is 10.7 Å². The molecule has 106 valence electrons. The highest BCUT2D eigenvalue weighted by Gasteiger charge is 2.13. The predicted octanol–water partition coefficient (Wildman–Crippen LogP) is 2.96. The molecule has 0 aliphatic heterocycles. The Labute approximate surface area is 125 Å². The van der Waals surface area contributed by atoms with Crippen molar-refractivity contribution in [3.63, 3.8) is 0 Å². The topological polar surface area (TPSA) is 80.9 Å². The van der Waals surface area contributed by atoms with Gasteiger partial charge in [-0.1, -0.05) is 18.2 Å². The average molecular weight is 298 g/mol. The molecule has 1 unspecified atom stereocenters. The van der Waals surface area contributed by atoms with Gasteiger partial charge in [-0.15, -0.1) is 11.3 Å². The summed E-state index contributed by atoms with van der Waals surface area (Å²) in [6.45, 7) is 1.84. The molecule has 1 amide bonds. The molecule has 3 aromatic rings. The first kappa shape index (κ1) is 13.7. The number of thiazole rings is 1. The molecule has 0 aliphatic carbocycles. The maximum atomic E-state index is 12.2. The van der Waals surface area contributed by atoms with Crippen molar-refractivity contribution in [2.45, 2.75) is 13.0 Å². The first-order chi connectivity index (χ1) is 10.1. The highest BCUT2D eigenvalue weighted by atomic mass is 32.1. The zero-order valence-electron chi connectivity index (χ0n) is 11.4. The van der Waals surface area contributed by atoms with E-state index in [2.05, 4.69) is 15.3 Å². The van der Waals surface area contributed by atoms with Crippen LogP contribution in [0.3, 0.4) is 0 Å². The molecule has 2 heterocycles. The Hall–Kier alpha value is -2.31. The molecule has 0 aliphatic rings. The van der Waals surface area contributed by atoms with E-state index in [1.807, 2.05) is 37.3 Å². The van der Waals surface area contributed by atoms with E-state index >= 15 is 0 Å². The van der Waals surface area contributed by atoms with Crippen LogP contribution < -0.4 is 11.1 Å². The summed E-state index contributed by atoms with van der Waals surface area (Å²) in [6.07, 6.45) is 1.64. The lowest BCUT2D eigenvalue weighted by atomic mass is 10.2. The van der Waals surface area contributed by atoms with Gasteiger partial charge < -0.3 is 11.1 Å². The quantitative estimate of drug-likeness (QED) is 0.779. The van der Waals surface area contributed by atoms with Crippen LogP contribution in [0.15, 0.2) is 41.9 Å². The van der Waals surface area contributed by atoms with E-state index in [0.717, 1.165) is 15.9 Å². The second-order valence-electron chi connectivity index (χ2n) is 4.73. The molecule has 0 spiro atoms. The van der Waals surface area contributed by atoms with Crippen molar-refractivity contribution < 1.29 is 4.79 Å². The number of carbonyl (C=O) groups excluding carboxylic acids is 1. The van der Waals surface area contributed by atoms with Gasteiger partial charge in [-0.2, -0.15) is 0 Å². The third-order valence-electron chi connectivity index (χ3n) is 2.99. The highest BCUT2D eigenvalue weighted by molar-refractivity contribution is 7.09. The Morgan fingerprint density at radius 2 is 2.19 bits per heavy atom. The zero-order chi connectivity index (χ0) is 14.8. The van der Waals surface area contributed by atoms with E-state index in [9.17, 15) is 4.79 Å². The van der Waals surface area contributed by atoms with Crippen LogP contribution in [-0.4, -0.2) is 15.9 Å². The van der Waals surface area contributed by atoms with E-state index < -0.39 is 0 Å². The number of fused-ring (bicyclic) bond motifs is 1. The molecule has 0 fully saturated rings. The average Bonchev–Trinajstić information content (AvgIpc) is 2.97. The molecule has 21 heavy (non-hydrogen) atoms. The third kappa shape index (κ3) is 2.91. The van der Waals surface area contributed by atoms with Gasteiger partial charge in [0.15, 0.2) is 0 Å². The summed E-state index contributed by atoms with van der Waals surface area (Å²) in [7, 11) is 0. The number of aromatic nitrogens is 2. The number of nitrogens with zero attached hydrogens (tertiary/aromatic N) is 2. The largest absolute Gasteiger partial charge is 0.322 e. The van der Waals surface area contributed by atoms with Crippen molar-refractivity contribution in [1.29, 1.82) is 0 Å². The summed E-state index contributed by atoms with van der Waals surface area (Å²) in [6, 6.07) is 9.46. The molecular weight excluding hydrogens is 284 g/mol. The monoisotopic (exact) mass is 298 g/mol. The Morgan fingerprint density at radius 3 is 2.95 bits per heavy atom. The van der Waals surface area contributed by atoms with E-state index in [1.54, 1.807) is 11.6 Å². The number of amides is 1. The molecule has 0 saturated heterocycles. The molecule has 0 saturated carbocycles. The lowest BCUT2D eigenvalue weighted by molar-refractivity contribution is 0.102. The Kier molecular flexibility index (Phi) is 3.64. The van der Waals surface area contributed by atoms with E-state index in [0.29, 0.717) is 11.4 Å². The summed E-state index contributed by atoms with van der Waals surface area (Å²) in [5, 5.41) is 6.24. The molecule has 6 heteroatoms. The fourth-order valence-corrected chi connectivity index (χ4v) is 2.69. The maximum absolute atomic E-state index is 12.2. The fourth-order valence-electron chi connectivity index (χ4n) is 1.94. The van der Waals surface area contributed by atoms with Gasteiger partial charge in [0, 0.05) is 10.8 Å². The van der Waals surface area contributed by atoms with Crippen molar-refractivity contribution >= 4 is 33.8 Å². The number of rotatable bonds is 3. The van der Waals surface area contributed by atoms with Gasteiger partial charge in [-0.3, -0.25) is 9.78 Å². The minimum absolute atomic E-state index is 0.168. The molecule has 0 bridgehead atoms. The lowest BCUT2D eigenvalue weighted by Gasteiger charge is -2.04. The molecule has 1 atom stereocenters. The molecule has 1 aromatic carbocycles. The number of carbonyl (C=O) groups is 1. The highest BCUT2D eigenvalue weighted by Crippen LogP contribution is 2.19. The van der Waals surface area contributed by atoms with E-state index in [1.165, 1.54) is 11.3 Å². The minimum Gasteiger partial charge on any atom is -0.322 e. The summed E-state index contributed by atoms with van der Waals surface area (Å²) in [4.78, 5) is 20.7.